The highest BCUT2D eigenvalue weighted by Crippen LogP contribution is 2.27. The normalized spacial score (nSPS) is 11.8. The van der Waals surface area contributed by atoms with E-state index in [0.717, 1.165) is 11.4 Å². The third-order valence-electron chi connectivity index (χ3n) is 3.02. The van der Waals surface area contributed by atoms with Crippen LogP contribution in [-0.4, -0.2) is 36.8 Å². The van der Waals surface area contributed by atoms with Crippen molar-refractivity contribution in [3.8, 4) is 5.75 Å². The average Bonchev–Trinajstić information content (AvgIpc) is 2.52. The predicted molar refractivity (Wildman–Crippen MR) is 87.7 cm³/mol. The number of rotatable bonds is 7. The molecule has 0 saturated heterocycles. The molecule has 0 spiro atoms. The number of nitrogen functional groups attached to an aromatic ring is 1. The molecule has 0 amide bonds. The van der Waals surface area contributed by atoms with E-state index in [1.807, 2.05) is 31.2 Å². The third kappa shape index (κ3) is 3.98. The van der Waals surface area contributed by atoms with Gasteiger partial charge in [-0.05, 0) is 19.1 Å². The van der Waals surface area contributed by atoms with Gasteiger partial charge in [-0.25, -0.2) is 9.97 Å². The monoisotopic (exact) mass is 303 g/mol. The molecule has 0 radical (unpaired) electrons. The van der Waals surface area contributed by atoms with Crippen LogP contribution in [-0.2, 0) is 4.74 Å². The number of nitrogens with one attached hydrogen (secondary N) is 2. The second-order valence-corrected chi connectivity index (χ2v) is 4.84. The lowest BCUT2D eigenvalue weighted by Crippen LogP contribution is -2.22. The highest BCUT2D eigenvalue weighted by Gasteiger charge is 2.11. The molecule has 1 atom stereocenters. The molecule has 1 aromatic heterocycles. The summed E-state index contributed by atoms with van der Waals surface area (Å²) in [5, 5.41) is 6.36. The number of ether oxygens (including phenoxy) is 2. The van der Waals surface area contributed by atoms with E-state index >= 15 is 0 Å². The first-order chi connectivity index (χ1) is 10.6. The van der Waals surface area contributed by atoms with Crippen LogP contribution in [0, 0.1) is 0 Å². The van der Waals surface area contributed by atoms with Crippen molar-refractivity contribution in [2.24, 2.45) is 0 Å². The van der Waals surface area contributed by atoms with Gasteiger partial charge in [-0.15, -0.1) is 0 Å². The summed E-state index contributed by atoms with van der Waals surface area (Å²) in [6, 6.07) is 7.62. The van der Waals surface area contributed by atoms with Crippen molar-refractivity contribution in [3.63, 3.8) is 0 Å². The molecule has 0 aliphatic carbocycles. The Kier molecular flexibility index (Phi) is 5.37. The van der Waals surface area contributed by atoms with Crippen LogP contribution in [0.25, 0.3) is 0 Å². The SMILES string of the molecule is COCC(C)Nc1ncnc(Nc2cccc(OC)c2)c1N. The van der Waals surface area contributed by atoms with Crippen molar-refractivity contribution in [2.75, 3.05) is 37.2 Å². The lowest BCUT2D eigenvalue weighted by Gasteiger charge is -2.16. The van der Waals surface area contributed by atoms with Crippen LogP contribution >= 0.6 is 0 Å². The number of anilines is 4. The summed E-state index contributed by atoms with van der Waals surface area (Å²) in [4.78, 5) is 8.35. The summed E-state index contributed by atoms with van der Waals surface area (Å²) in [7, 11) is 3.27. The van der Waals surface area contributed by atoms with Gasteiger partial charge in [0.15, 0.2) is 11.6 Å². The van der Waals surface area contributed by atoms with Crippen LogP contribution in [0.5, 0.6) is 5.75 Å². The number of benzene rings is 1. The molecule has 1 aromatic carbocycles. The van der Waals surface area contributed by atoms with Crippen molar-refractivity contribution in [1.29, 1.82) is 0 Å². The van der Waals surface area contributed by atoms with Crippen LogP contribution in [0.2, 0.25) is 0 Å². The molecule has 1 unspecified atom stereocenters. The van der Waals surface area contributed by atoms with Crippen LogP contribution in [0.15, 0.2) is 30.6 Å². The van der Waals surface area contributed by atoms with Gasteiger partial charge in [-0.2, -0.15) is 0 Å². The second-order valence-electron chi connectivity index (χ2n) is 4.84. The molecule has 2 aromatic rings. The summed E-state index contributed by atoms with van der Waals surface area (Å²) in [6.45, 7) is 2.54. The number of hydrogen-bond donors (Lipinski definition) is 3. The van der Waals surface area contributed by atoms with Gasteiger partial charge in [0.1, 0.15) is 17.8 Å². The summed E-state index contributed by atoms with van der Waals surface area (Å²) in [5.74, 6) is 1.87. The largest absolute Gasteiger partial charge is 0.497 e. The molecule has 4 N–H and O–H groups in total. The van der Waals surface area contributed by atoms with E-state index in [1.165, 1.54) is 6.33 Å². The Morgan fingerprint density at radius 1 is 1.23 bits per heavy atom. The first kappa shape index (κ1) is 15.8. The Hall–Kier alpha value is -2.54. The molecule has 0 fully saturated rings. The van der Waals surface area contributed by atoms with Gasteiger partial charge in [0.25, 0.3) is 0 Å². The number of methoxy groups -OCH3 is 2. The molecule has 118 valence electrons. The van der Waals surface area contributed by atoms with E-state index in [4.69, 9.17) is 15.2 Å². The van der Waals surface area contributed by atoms with Gasteiger partial charge in [0, 0.05) is 24.9 Å². The van der Waals surface area contributed by atoms with Crippen molar-refractivity contribution in [3.05, 3.63) is 30.6 Å². The lowest BCUT2D eigenvalue weighted by molar-refractivity contribution is 0.190. The molecule has 0 bridgehead atoms. The molecule has 7 nitrogen and oxygen atoms in total. The molecule has 1 heterocycles. The van der Waals surface area contributed by atoms with Crippen LogP contribution in [0.1, 0.15) is 6.92 Å². The molecule has 7 heteroatoms. The zero-order chi connectivity index (χ0) is 15.9. The fourth-order valence-electron chi connectivity index (χ4n) is 1.97. The minimum Gasteiger partial charge on any atom is -0.497 e. The van der Waals surface area contributed by atoms with E-state index in [-0.39, 0.29) is 6.04 Å². The highest BCUT2D eigenvalue weighted by atomic mass is 16.5. The zero-order valence-corrected chi connectivity index (χ0v) is 13.0. The fraction of sp³-hybridized carbons (Fsp3) is 0.333. The van der Waals surface area contributed by atoms with Gasteiger partial charge in [-0.1, -0.05) is 6.07 Å². The zero-order valence-electron chi connectivity index (χ0n) is 13.0. The number of nitrogens with two attached hydrogens (primary N) is 1. The van der Waals surface area contributed by atoms with Gasteiger partial charge < -0.3 is 25.8 Å². The minimum atomic E-state index is 0.0897. The highest BCUT2D eigenvalue weighted by molar-refractivity contribution is 5.77. The van der Waals surface area contributed by atoms with E-state index in [1.54, 1.807) is 14.2 Å². The molecule has 0 aliphatic rings. The quantitative estimate of drug-likeness (QED) is 0.722. The summed E-state index contributed by atoms with van der Waals surface area (Å²) in [6.07, 6.45) is 1.46. The van der Waals surface area contributed by atoms with E-state index in [9.17, 15) is 0 Å². The van der Waals surface area contributed by atoms with Crippen molar-refractivity contribution >= 4 is 23.0 Å². The molecule has 0 aliphatic heterocycles. The second kappa shape index (κ2) is 7.46. The lowest BCUT2D eigenvalue weighted by atomic mass is 10.3. The first-order valence-electron chi connectivity index (χ1n) is 6.91. The van der Waals surface area contributed by atoms with E-state index in [2.05, 4.69) is 20.6 Å². The van der Waals surface area contributed by atoms with Gasteiger partial charge >= 0.3 is 0 Å². The third-order valence-corrected chi connectivity index (χ3v) is 3.02. The van der Waals surface area contributed by atoms with E-state index in [0.29, 0.717) is 23.9 Å². The van der Waals surface area contributed by atoms with Crippen LogP contribution < -0.4 is 21.1 Å². The van der Waals surface area contributed by atoms with Crippen LogP contribution in [0.4, 0.5) is 23.0 Å². The maximum atomic E-state index is 6.12. The maximum Gasteiger partial charge on any atom is 0.159 e. The smallest absolute Gasteiger partial charge is 0.159 e. The Morgan fingerprint density at radius 3 is 2.73 bits per heavy atom. The molecular formula is C15H21N5O2. The Bertz CT molecular complexity index is 621. The molecule has 22 heavy (non-hydrogen) atoms. The Balaban J connectivity index is 2.17. The standard InChI is InChI=1S/C15H21N5O2/c1-10(8-21-2)19-14-13(16)15(18-9-17-14)20-11-5-4-6-12(7-11)22-3/h4-7,9-10H,8,16H2,1-3H3,(H2,17,18,19,20). The average molecular weight is 303 g/mol. The topological polar surface area (TPSA) is 94.3 Å². The van der Waals surface area contributed by atoms with Gasteiger partial charge in [-0.3, -0.25) is 0 Å². The molecular weight excluding hydrogens is 282 g/mol. The number of nitrogens with zero attached hydrogens (tertiary/aromatic N) is 2. The fourth-order valence-corrected chi connectivity index (χ4v) is 1.97. The maximum absolute atomic E-state index is 6.12. The van der Waals surface area contributed by atoms with Crippen molar-refractivity contribution < 1.29 is 9.47 Å². The number of hydrogen-bond acceptors (Lipinski definition) is 7. The number of aromatic nitrogens is 2. The van der Waals surface area contributed by atoms with E-state index < -0.39 is 0 Å². The Morgan fingerprint density at radius 2 is 2.00 bits per heavy atom. The summed E-state index contributed by atoms with van der Waals surface area (Å²) in [5.41, 5.74) is 7.41. The predicted octanol–water partition coefficient (Wildman–Crippen LogP) is 2.26. The van der Waals surface area contributed by atoms with Gasteiger partial charge in [0.2, 0.25) is 0 Å². The summed E-state index contributed by atoms with van der Waals surface area (Å²) >= 11 is 0. The van der Waals surface area contributed by atoms with Crippen molar-refractivity contribution in [2.45, 2.75) is 13.0 Å². The molecule has 0 saturated carbocycles. The minimum absolute atomic E-state index is 0.0897. The van der Waals surface area contributed by atoms with Crippen molar-refractivity contribution in [1.82, 2.24) is 9.97 Å². The Labute approximate surface area is 129 Å². The molecule has 2 rings (SSSR count). The van der Waals surface area contributed by atoms with Gasteiger partial charge in [0.05, 0.1) is 13.7 Å². The van der Waals surface area contributed by atoms with Crippen LogP contribution in [0.3, 0.4) is 0 Å². The summed E-state index contributed by atoms with van der Waals surface area (Å²) < 4.78 is 10.3. The first-order valence-corrected chi connectivity index (χ1v) is 6.91.